The summed E-state index contributed by atoms with van der Waals surface area (Å²) in [4.78, 5) is 22.8. The largest absolute Gasteiger partial charge is 0.478 e. The third-order valence-electron chi connectivity index (χ3n) is 2.79. The van der Waals surface area contributed by atoms with Crippen molar-refractivity contribution in [2.75, 3.05) is 18.9 Å². The van der Waals surface area contributed by atoms with Crippen molar-refractivity contribution < 1.29 is 27.9 Å². The Morgan fingerprint density at radius 3 is 2.43 bits per heavy atom. The minimum absolute atomic E-state index is 0.313. The molecule has 0 bridgehead atoms. The van der Waals surface area contributed by atoms with Gasteiger partial charge in [-0.2, -0.15) is 13.2 Å². The number of carbonyl (C=O) groups is 2. The number of aromatic carboxylic acids is 1. The van der Waals surface area contributed by atoms with Gasteiger partial charge in [-0.15, -0.1) is 0 Å². The monoisotopic (exact) mass is 304 g/mol. The van der Waals surface area contributed by atoms with Gasteiger partial charge in [0.25, 0.3) is 0 Å². The molecule has 0 heterocycles. The molecule has 116 valence electrons. The van der Waals surface area contributed by atoms with E-state index in [0.717, 1.165) is 6.07 Å². The van der Waals surface area contributed by atoms with Gasteiger partial charge in [-0.3, -0.25) is 4.79 Å². The van der Waals surface area contributed by atoms with Crippen LogP contribution in [0.2, 0.25) is 0 Å². The highest BCUT2D eigenvalue weighted by atomic mass is 19.4. The minimum atomic E-state index is -4.62. The average molecular weight is 304 g/mol. The molecule has 1 aromatic rings. The molecule has 3 N–H and O–H groups in total. The fourth-order valence-corrected chi connectivity index (χ4v) is 1.67. The van der Waals surface area contributed by atoms with Gasteiger partial charge in [-0.05, 0) is 25.2 Å². The van der Waals surface area contributed by atoms with Crippen LogP contribution in [-0.2, 0) is 11.0 Å². The van der Waals surface area contributed by atoms with Crippen LogP contribution in [0, 0.1) is 5.92 Å². The first kappa shape index (κ1) is 17.0. The molecule has 0 fully saturated rings. The van der Waals surface area contributed by atoms with Crippen LogP contribution in [0.25, 0.3) is 0 Å². The van der Waals surface area contributed by atoms with Crippen LogP contribution in [-0.4, -0.2) is 30.6 Å². The molecule has 0 aliphatic rings. The normalized spacial score (nSPS) is 12.8. The smallest absolute Gasteiger partial charge is 0.416 e. The summed E-state index contributed by atoms with van der Waals surface area (Å²) in [5.41, 5.74) is -1.79. The number of carbonyl (C=O) groups excluding carboxylic acids is 1. The predicted octanol–water partition coefficient (Wildman–Crippen LogP) is 2.20. The fraction of sp³-hybridized carbons (Fsp3) is 0.385. The third-order valence-corrected chi connectivity index (χ3v) is 2.79. The Kier molecular flexibility index (Phi) is 5.31. The quantitative estimate of drug-likeness (QED) is 0.779. The van der Waals surface area contributed by atoms with E-state index >= 15 is 0 Å². The number of hydrogen-bond donors (Lipinski definition) is 3. The van der Waals surface area contributed by atoms with Crippen molar-refractivity contribution >= 4 is 17.6 Å². The van der Waals surface area contributed by atoms with Gasteiger partial charge in [0, 0.05) is 12.5 Å². The molecule has 1 atom stereocenters. The van der Waals surface area contributed by atoms with E-state index in [9.17, 15) is 22.8 Å². The highest BCUT2D eigenvalue weighted by molar-refractivity contribution is 6.01. The Morgan fingerprint density at radius 1 is 1.33 bits per heavy atom. The molecule has 0 aliphatic carbocycles. The zero-order valence-electron chi connectivity index (χ0n) is 11.4. The molecule has 5 nitrogen and oxygen atoms in total. The van der Waals surface area contributed by atoms with Crippen LogP contribution in [0.15, 0.2) is 18.2 Å². The Bertz CT molecular complexity index is 544. The third kappa shape index (κ3) is 4.45. The lowest BCUT2D eigenvalue weighted by Gasteiger charge is -2.15. The molecule has 0 aromatic heterocycles. The molecule has 0 spiro atoms. The standard InChI is InChI=1S/C13H15F3N2O3/c1-7(6-17-2)11(19)18-10-5-8(13(14,15)16)3-4-9(10)12(20)21/h3-5,7,17H,6H2,1-2H3,(H,18,19)(H,20,21). The van der Waals surface area contributed by atoms with Crippen LogP contribution in [0.5, 0.6) is 0 Å². The van der Waals surface area contributed by atoms with Crippen molar-refractivity contribution in [1.29, 1.82) is 0 Å². The van der Waals surface area contributed by atoms with Gasteiger partial charge in [0.05, 0.1) is 16.8 Å². The van der Waals surface area contributed by atoms with E-state index < -0.39 is 35.1 Å². The topological polar surface area (TPSA) is 78.4 Å². The van der Waals surface area contributed by atoms with Gasteiger partial charge in [0.1, 0.15) is 0 Å². The maximum Gasteiger partial charge on any atom is 0.416 e. The number of anilines is 1. The summed E-state index contributed by atoms with van der Waals surface area (Å²) in [7, 11) is 1.62. The number of rotatable bonds is 5. The van der Waals surface area contributed by atoms with Crippen molar-refractivity contribution in [3.05, 3.63) is 29.3 Å². The Labute approximate surface area is 119 Å². The number of nitrogens with one attached hydrogen (secondary N) is 2. The molecular formula is C13H15F3N2O3. The number of halogens is 3. The van der Waals surface area contributed by atoms with Crippen LogP contribution >= 0.6 is 0 Å². The molecule has 1 rings (SSSR count). The summed E-state index contributed by atoms with van der Waals surface area (Å²) in [6.45, 7) is 1.88. The van der Waals surface area contributed by atoms with Crippen molar-refractivity contribution in [2.45, 2.75) is 13.1 Å². The van der Waals surface area contributed by atoms with Crippen LogP contribution in [0.3, 0.4) is 0 Å². The lowest BCUT2D eigenvalue weighted by molar-refractivity contribution is -0.137. The second-order valence-electron chi connectivity index (χ2n) is 4.51. The van der Waals surface area contributed by atoms with Crippen LogP contribution < -0.4 is 10.6 Å². The lowest BCUT2D eigenvalue weighted by Crippen LogP contribution is -2.29. The number of benzene rings is 1. The second-order valence-corrected chi connectivity index (χ2v) is 4.51. The summed E-state index contributed by atoms with van der Waals surface area (Å²) in [5.74, 6) is -2.50. The number of hydrogen-bond acceptors (Lipinski definition) is 3. The second kappa shape index (κ2) is 6.57. The van der Waals surface area contributed by atoms with Gasteiger partial charge >= 0.3 is 12.1 Å². The molecule has 0 radical (unpaired) electrons. The van der Waals surface area contributed by atoms with E-state index in [4.69, 9.17) is 5.11 Å². The minimum Gasteiger partial charge on any atom is -0.478 e. The van der Waals surface area contributed by atoms with E-state index in [1.54, 1.807) is 14.0 Å². The summed E-state index contributed by atoms with van der Waals surface area (Å²) in [6.07, 6.45) is -4.62. The number of carboxylic acid groups (broad SMARTS) is 1. The van der Waals surface area contributed by atoms with Gasteiger partial charge in [0.2, 0.25) is 5.91 Å². The predicted molar refractivity (Wildman–Crippen MR) is 70.1 cm³/mol. The first-order valence-corrected chi connectivity index (χ1v) is 6.06. The van der Waals surface area contributed by atoms with Gasteiger partial charge in [0.15, 0.2) is 0 Å². The molecule has 0 aliphatic heterocycles. The molecular weight excluding hydrogens is 289 g/mol. The van der Waals surface area contributed by atoms with Crippen molar-refractivity contribution in [2.24, 2.45) is 5.92 Å². The average Bonchev–Trinajstić information content (AvgIpc) is 2.37. The van der Waals surface area contributed by atoms with Gasteiger partial charge in [-0.1, -0.05) is 6.92 Å². The van der Waals surface area contributed by atoms with E-state index in [0.29, 0.717) is 18.7 Å². The van der Waals surface area contributed by atoms with Crippen molar-refractivity contribution in [3.63, 3.8) is 0 Å². The van der Waals surface area contributed by atoms with Crippen LogP contribution in [0.1, 0.15) is 22.8 Å². The summed E-state index contributed by atoms with van der Waals surface area (Å²) in [6, 6.07) is 2.10. The van der Waals surface area contributed by atoms with E-state index in [-0.39, 0.29) is 5.69 Å². The summed E-state index contributed by atoms with van der Waals surface area (Å²) < 4.78 is 37.9. The van der Waals surface area contributed by atoms with E-state index in [2.05, 4.69) is 10.6 Å². The van der Waals surface area contributed by atoms with Crippen molar-refractivity contribution in [3.8, 4) is 0 Å². The maximum absolute atomic E-state index is 12.6. The number of carboxylic acids is 1. The maximum atomic E-state index is 12.6. The summed E-state index contributed by atoms with van der Waals surface area (Å²) >= 11 is 0. The molecule has 21 heavy (non-hydrogen) atoms. The molecule has 8 heteroatoms. The number of alkyl halides is 3. The first-order valence-electron chi connectivity index (χ1n) is 6.06. The SMILES string of the molecule is CNCC(C)C(=O)Nc1cc(C(F)(F)F)ccc1C(=O)O. The zero-order valence-corrected chi connectivity index (χ0v) is 11.4. The van der Waals surface area contributed by atoms with Crippen LogP contribution in [0.4, 0.5) is 18.9 Å². The molecule has 0 saturated heterocycles. The summed E-state index contributed by atoms with van der Waals surface area (Å²) in [5, 5.41) is 13.9. The molecule has 1 aromatic carbocycles. The molecule has 1 amide bonds. The zero-order chi connectivity index (χ0) is 16.2. The highest BCUT2D eigenvalue weighted by Gasteiger charge is 2.32. The Hall–Kier alpha value is -2.09. The van der Waals surface area contributed by atoms with Gasteiger partial charge < -0.3 is 15.7 Å². The van der Waals surface area contributed by atoms with Gasteiger partial charge in [-0.25, -0.2) is 4.79 Å². The number of amides is 1. The Balaban J connectivity index is 3.13. The van der Waals surface area contributed by atoms with Crippen molar-refractivity contribution in [1.82, 2.24) is 5.32 Å². The lowest BCUT2D eigenvalue weighted by atomic mass is 10.1. The highest BCUT2D eigenvalue weighted by Crippen LogP contribution is 2.32. The van der Waals surface area contributed by atoms with E-state index in [1.165, 1.54) is 0 Å². The molecule has 0 saturated carbocycles. The van der Waals surface area contributed by atoms with E-state index in [1.807, 2.05) is 0 Å². The Morgan fingerprint density at radius 2 is 1.95 bits per heavy atom. The first-order chi connectivity index (χ1) is 9.66. The fourth-order valence-electron chi connectivity index (χ4n) is 1.67. The molecule has 1 unspecified atom stereocenters.